The number of carbonyl (C=O) groups excluding carboxylic acids is 1. The first-order valence-corrected chi connectivity index (χ1v) is 6.45. The van der Waals surface area contributed by atoms with Gasteiger partial charge in [-0.2, -0.15) is 0 Å². The molecule has 0 aromatic rings. The van der Waals surface area contributed by atoms with Crippen LogP contribution in [0.4, 0.5) is 0 Å². The minimum Gasteiger partial charge on any atom is -0.381 e. The summed E-state index contributed by atoms with van der Waals surface area (Å²) in [5.74, 6) is 0.288. The van der Waals surface area contributed by atoms with E-state index in [4.69, 9.17) is 4.74 Å². The lowest BCUT2D eigenvalue weighted by Gasteiger charge is -2.24. The Hall–Kier alpha value is -0.610. The fourth-order valence-corrected chi connectivity index (χ4v) is 2.43. The van der Waals surface area contributed by atoms with Crippen molar-refractivity contribution >= 4 is 5.91 Å². The van der Waals surface area contributed by atoms with Crippen LogP contribution in [0, 0.1) is 5.92 Å². The van der Waals surface area contributed by atoms with E-state index < -0.39 is 0 Å². The molecule has 0 spiro atoms. The number of nitrogens with one attached hydrogen (secondary N) is 2. The van der Waals surface area contributed by atoms with Crippen LogP contribution in [0.15, 0.2) is 0 Å². The van der Waals surface area contributed by atoms with Crippen molar-refractivity contribution in [1.29, 1.82) is 0 Å². The Morgan fingerprint density at radius 3 is 2.94 bits per heavy atom. The van der Waals surface area contributed by atoms with E-state index in [1.54, 1.807) is 0 Å². The number of hydrogen-bond acceptors (Lipinski definition) is 3. The molecule has 2 N–H and O–H groups in total. The second kappa shape index (κ2) is 6.21. The van der Waals surface area contributed by atoms with Crippen molar-refractivity contribution in [2.75, 3.05) is 26.3 Å². The highest BCUT2D eigenvalue weighted by molar-refractivity contribution is 5.79. The van der Waals surface area contributed by atoms with Crippen LogP contribution in [0.1, 0.15) is 32.1 Å². The number of amides is 1. The predicted molar refractivity (Wildman–Crippen MR) is 62.2 cm³/mol. The zero-order valence-corrected chi connectivity index (χ0v) is 9.84. The number of hydrogen-bond donors (Lipinski definition) is 2. The third-order valence-electron chi connectivity index (χ3n) is 3.45. The van der Waals surface area contributed by atoms with E-state index in [1.165, 1.54) is 0 Å². The molecule has 0 bridgehead atoms. The zero-order valence-electron chi connectivity index (χ0n) is 9.84. The highest BCUT2D eigenvalue weighted by Crippen LogP contribution is 2.14. The quantitative estimate of drug-likeness (QED) is 0.727. The van der Waals surface area contributed by atoms with Gasteiger partial charge in [0.25, 0.3) is 0 Å². The average Bonchev–Trinajstić information content (AvgIpc) is 2.59. The fourth-order valence-electron chi connectivity index (χ4n) is 2.43. The van der Waals surface area contributed by atoms with Gasteiger partial charge in [-0.15, -0.1) is 0 Å². The van der Waals surface area contributed by atoms with Gasteiger partial charge >= 0.3 is 0 Å². The summed E-state index contributed by atoms with van der Waals surface area (Å²) in [6, 6.07) is 0.365. The van der Waals surface area contributed by atoms with Crippen molar-refractivity contribution in [2.45, 2.75) is 38.1 Å². The summed E-state index contributed by atoms with van der Waals surface area (Å²) < 4.78 is 5.34. The Morgan fingerprint density at radius 1 is 1.19 bits per heavy atom. The molecule has 0 radical (unpaired) electrons. The molecule has 92 valence electrons. The molecule has 2 saturated heterocycles. The number of ether oxygens (including phenoxy) is 1. The molecule has 4 heteroatoms. The van der Waals surface area contributed by atoms with Crippen molar-refractivity contribution < 1.29 is 9.53 Å². The summed E-state index contributed by atoms with van der Waals surface area (Å²) in [5.41, 5.74) is 0. The molecule has 2 unspecified atom stereocenters. The molecule has 2 heterocycles. The molecule has 16 heavy (non-hydrogen) atoms. The maximum absolute atomic E-state index is 12.0. The first-order chi connectivity index (χ1) is 7.86. The van der Waals surface area contributed by atoms with E-state index in [-0.39, 0.29) is 11.8 Å². The molecule has 2 atom stereocenters. The largest absolute Gasteiger partial charge is 0.381 e. The van der Waals surface area contributed by atoms with E-state index >= 15 is 0 Å². The van der Waals surface area contributed by atoms with Gasteiger partial charge in [0.2, 0.25) is 5.91 Å². The minimum atomic E-state index is 0.0879. The monoisotopic (exact) mass is 226 g/mol. The molecule has 2 fully saturated rings. The van der Waals surface area contributed by atoms with E-state index in [2.05, 4.69) is 10.6 Å². The van der Waals surface area contributed by atoms with E-state index in [1.807, 2.05) is 0 Å². The van der Waals surface area contributed by atoms with E-state index in [9.17, 15) is 4.79 Å². The summed E-state index contributed by atoms with van der Waals surface area (Å²) in [6.45, 7) is 3.53. The number of carbonyl (C=O) groups is 1. The van der Waals surface area contributed by atoms with Gasteiger partial charge in [-0.05, 0) is 45.2 Å². The van der Waals surface area contributed by atoms with Gasteiger partial charge < -0.3 is 15.4 Å². The lowest BCUT2D eigenvalue weighted by molar-refractivity contribution is -0.129. The van der Waals surface area contributed by atoms with Gasteiger partial charge in [0.05, 0.1) is 12.5 Å². The highest BCUT2D eigenvalue weighted by Gasteiger charge is 2.24. The fraction of sp³-hybridized carbons (Fsp3) is 0.917. The smallest absolute Gasteiger partial charge is 0.225 e. The third-order valence-corrected chi connectivity index (χ3v) is 3.45. The van der Waals surface area contributed by atoms with Gasteiger partial charge in [-0.25, -0.2) is 0 Å². The van der Waals surface area contributed by atoms with Crippen LogP contribution in [0.25, 0.3) is 0 Å². The maximum atomic E-state index is 12.0. The Kier molecular flexibility index (Phi) is 4.60. The molecule has 0 aromatic carbocycles. The average molecular weight is 226 g/mol. The lowest BCUT2D eigenvalue weighted by atomic mass is 10.00. The van der Waals surface area contributed by atoms with E-state index in [0.717, 1.165) is 51.8 Å². The third kappa shape index (κ3) is 3.46. The normalized spacial score (nSPS) is 31.8. The van der Waals surface area contributed by atoms with Crippen LogP contribution in [0.3, 0.4) is 0 Å². The van der Waals surface area contributed by atoms with Crippen molar-refractivity contribution in [2.24, 2.45) is 5.92 Å². The van der Waals surface area contributed by atoms with Gasteiger partial charge in [-0.1, -0.05) is 0 Å². The van der Waals surface area contributed by atoms with Gasteiger partial charge in [0.15, 0.2) is 0 Å². The van der Waals surface area contributed by atoms with Crippen LogP contribution >= 0.6 is 0 Å². The van der Waals surface area contributed by atoms with Crippen LogP contribution in [0.2, 0.25) is 0 Å². The Morgan fingerprint density at radius 2 is 2.12 bits per heavy atom. The highest BCUT2D eigenvalue weighted by atomic mass is 16.5. The van der Waals surface area contributed by atoms with Gasteiger partial charge in [-0.3, -0.25) is 4.79 Å². The maximum Gasteiger partial charge on any atom is 0.225 e. The van der Waals surface area contributed by atoms with Crippen molar-refractivity contribution in [3.63, 3.8) is 0 Å². The molecule has 2 aliphatic rings. The molecule has 1 amide bonds. The molecular formula is C12H22N2O2. The van der Waals surface area contributed by atoms with Crippen LogP contribution in [0.5, 0.6) is 0 Å². The SMILES string of the molecule is O=C(NC1CCCNCC1)C1CCCOC1. The zero-order chi connectivity index (χ0) is 11.2. The summed E-state index contributed by atoms with van der Waals surface area (Å²) in [5, 5.41) is 6.52. The van der Waals surface area contributed by atoms with Crippen molar-refractivity contribution in [3.05, 3.63) is 0 Å². The Labute approximate surface area is 97.1 Å². The predicted octanol–water partition coefficient (Wildman–Crippen LogP) is 0.671. The first kappa shape index (κ1) is 11.9. The van der Waals surface area contributed by atoms with Crippen LogP contribution in [-0.2, 0) is 9.53 Å². The van der Waals surface area contributed by atoms with Crippen LogP contribution in [-0.4, -0.2) is 38.3 Å². The first-order valence-electron chi connectivity index (χ1n) is 6.45. The molecule has 4 nitrogen and oxygen atoms in total. The second-order valence-corrected chi connectivity index (χ2v) is 4.80. The van der Waals surface area contributed by atoms with Crippen molar-refractivity contribution in [3.8, 4) is 0 Å². The van der Waals surface area contributed by atoms with Gasteiger partial charge in [0.1, 0.15) is 0 Å². The topological polar surface area (TPSA) is 50.4 Å². The lowest BCUT2D eigenvalue weighted by Crippen LogP contribution is -2.41. The minimum absolute atomic E-state index is 0.0879. The van der Waals surface area contributed by atoms with E-state index in [0.29, 0.717) is 12.6 Å². The second-order valence-electron chi connectivity index (χ2n) is 4.80. The molecular weight excluding hydrogens is 204 g/mol. The summed E-state index contributed by atoms with van der Waals surface area (Å²) >= 11 is 0. The molecule has 2 aliphatic heterocycles. The standard InChI is InChI=1S/C12H22N2O2/c15-12(10-3-2-8-16-9-10)14-11-4-1-6-13-7-5-11/h10-11,13H,1-9H2,(H,14,15). The summed E-state index contributed by atoms with van der Waals surface area (Å²) in [7, 11) is 0. The van der Waals surface area contributed by atoms with Crippen LogP contribution < -0.4 is 10.6 Å². The summed E-state index contributed by atoms with van der Waals surface area (Å²) in [4.78, 5) is 12.0. The van der Waals surface area contributed by atoms with Crippen molar-refractivity contribution in [1.82, 2.24) is 10.6 Å². The summed E-state index contributed by atoms with van der Waals surface area (Å²) in [6.07, 6.45) is 5.32. The van der Waals surface area contributed by atoms with Gasteiger partial charge in [0, 0.05) is 12.6 Å². The molecule has 0 aliphatic carbocycles. The molecule has 0 aromatic heterocycles. The Balaban J connectivity index is 1.76. The number of rotatable bonds is 2. The molecule has 2 rings (SSSR count). The Bertz CT molecular complexity index is 219. The molecule has 0 saturated carbocycles.